The number of nitrogens with zero attached hydrogens (tertiary/aromatic N) is 5. The summed E-state index contributed by atoms with van der Waals surface area (Å²) in [6.45, 7) is 6.22. The lowest BCUT2D eigenvalue weighted by molar-refractivity contribution is 0.110. The van der Waals surface area contributed by atoms with E-state index in [4.69, 9.17) is 4.98 Å². The first-order chi connectivity index (χ1) is 11.8. The lowest BCUT2D eigenvalue weighted by atomic mass is 9.93. The zero-order chi connectivity index (χ0) is 17.9. The van der Waals surface area contributed by atoms with Gasteiger partial charge in [0.05, 0.1) is 6.10 Å². The molecule has 2 aliphatic rings. The summed E-state index contributed by atoms with van der Waals surface area (Å²) in [5, 5.41) is 13.6. The van der Waals surface area contributed by atoms with Crippen LogP contribution in [0.1, 0.15) is 38.9 Å². The third-order valence-electron chi connectivity index (χ3n) is 6.04. The van der Waals surface area contributed by atoms with Crippen molar-refractivity contribution in [3.05, 3.63) is 5.82 Å². The molecule has 7 nitrogen and oxygen atoms in total. The van der Waals surface area contributed by atoms with E-state index in [1.165, 1.54) is 0 Å². The maximum Gasteiger partial charge on any atom is 0.207 e. The van der Waals surface area contributed by atoms with Gasteiger partial charge >= 0.3 is 0 Å². The molecule has 0 spiro atoms. The standard InChI is InChI=1S/C18H28N6O/c1-9(2)23(4)18-22-15-16(19-10(3)20-17(15)24(18)5)21-13-7-12-6-11(13)8-14(12)25/h9,11-14,25H,6-8H2,1-5H3,(H,19,20,21). The van der Waals surface area contributed by atoms with Gasteiger partial charge in [0.2, 0.25) is 5.95 Å². The fourth-order valence-electron chi connectivity index (χ4n) is 4.40. The molecule has 2 saturated carbocycles. The summed E-state index contributed by atoms with van der Waals surface area (Å²) in [5.74, 6) is 3.45. The van der Waals surface area contributed by atoms with Crippen LogP contribution in [0.15, 0.2) is 0 Å². The fourth-order valence-corrected chi connectivity index (χ4v) is 4.40. The number of aliphatic hydroxyl groups excluding tert-OH is 1. The van der Waals surface area contributed by atoms with Gasteiger partial charge in [0.25, 0.3) is 0 Å². The Hall–Kier alpha value is -1.89. The van der Waals surface area contributed by atoms with E-state index in [2.05, 4.69) is 41.1 Å². The van der Waals surface area contributed by atoms with E-state index in [1.807, 2.05) is 18.5 Å². The highest BCUT2D eigenvalue weighted by molar-refractivity contribution is 5.85. The fraction of sp³-hybridized carbons (Fsp3) is 0.722. The number of aromatic nitrogens is 4. The van der Waals surface area contributed by atoms with Gasteiger partial charge in [0, 0.05) is 26.2 Å². The number of nitrogens with one attached hydrogen (secondary N) is 1. The highest BCUT2D eigenvalue weighted by Crippen LogP contribution is 2.46. The minimum Gasteiger partial charge on any atom is -0.393 e. The van der Waals surface area contributed by atoms with E-state index >= 15 is 0 Å². The summed E-state index contributed by atoms with van der Waals surface area (Å²) in [4.78, 5) is 16.3. The number of anilines is 2. The SMILES string of the molecule is Cc1nc(NC2CC3CC2CC3O)c2nc(N(C)C(C)C)n(C)c2n1. The van der Waals surface area contributed by atoms with E-state index in [9.17, 15) is 5.11 Å². The minimum absolute atomic E-state index is 0.114. The Morgan fingerprint density at radius 1 is 1.16 bits per heavy atom. The molecule has 2 fully saturated rings. The molecule has 2 N–H and O–H groups in total. The molecule has 136 valence electrons. The molecule has 25 heavy (non-hydrogen) atoms. The summed E-state index contributed by atoms with van der Waals surface area (Å²) in [6, 6.07) is 0.729. The summed E-state index contributed by atoms with van der Waals surface area (Å²) >= 11 is 0. The molecular weight excluding hydrogens is 316 g/mol. The van der Waals surface area contributed by atoms with Crippen LogP contribution in [0.25, 0.3) is 11.2 Å². The van der Waals surface area contributed by atoms with E-state index in [-0.39, 0.29) is 6.10 Å². The van der Waals surface area contributed by atoms with E-state index in [1.54, 1.807) is 0 Å². The molecule has 4 rings (SSSR count). The zero-order valence-corrected chi connectivity index (χ0v) is 15.7. The first-order valence-electron chi connectivity index (χ1n) is 9.23. The number of hydrogen-bond acceptors (Lipinski definition) is 6. The summed E-state index contributed by atoms with van der Waals surface area (Å²) in [6.07, 6.45) is 2.92. The molecule has 0 aliphatic heterocycles. The number of hydrogen-bond donors (Lipinski definition) is 2. The largest absolute Gasteiger partial charge is 0.393 e. The van der Waals surface area contributed by atoms with Gasteiger partial charge in [0.1, 0.15) is 5.82 Å². The molecular formula is C18H28N6O. The molecule has 0 aromatic carbocycles. The van der Waals surface area contributed by atoms with Crippen molar-refractivity contribution in [2.24, 2.45) is 18.9 Å². The Bertz CT molecular complexity index is 798. The maximum atomic E-state index is 10.00. The van der Waals surface area contributed by atoms with E-state index in [0.717, 1.165) is 48.0 Å². The van der Waals surface area contributed by atoms with Crippen LogP contribution in [-0.2, 0) is 7.05 Å². The molecule has 2 bridgehead atoms. The number of aliphatic hydroxyl groups is 1. The van der Waals surface area contributed by atoms with Crippen molar-refractivity contribution in [2.45, 2.75) is 58.2 Å². The van der Waals surface area contributed by atoms with Gasteiger partial charge in [-0.2, -0.15) is 0 Å². The Morgan fingerprint density at radius 2 is 1.92 bits per heavy atom. The van der Waals surface area contributed by atoms with Crippen molar-refractivity contribution in [3.63, 3.8) is 0 Å². The molecule has 0 radical (unpaired) electrons. The van der Waals surface area contributed by atoms with Crippen LogP contribution in [0.5, 0.6) is 0 Å². The normalized spacial score (nSPS) is 28.3. The van der Waals surface area contributed by atoms with E-state index in [0.29, 0.717) is 23.9 Å². The average molecular weight is 344 g/mol. The topological polar surface area (TPSA) is 79.1 Å². The summed E-state index contributed by atoms with van der Waals surface area (Å²) in [5.41, 5.74) is 1.69. The molecule has 0 saturated heterocycles. The van der Waals surface area contributed by atoms with Gasteiger partial charge in [-0.3, -0.25) is 4.57 Å². The first-order valence-corrected chi connectivity index (χ1v) is 9.23. The van der Waals surface area contributed by atoms with Crippen LogP contribution in [0.3, 0.4) is 0 Å². The Morgan fingerprint density at radius 3 is 2.52 bits per heavy atom. The molecule has 2 aliphatic carbocycles. The van der Waals surface area contributed by atoms with Crippen LogP contribution in [0.4, 0.5) is 11.8 Å². The predicted octanol–water partition coefficient (Wildman–Crippen LogP) is 2.09. The van der Waals surface area contributed by atoms with Crippen molar-refractivity contribution in [2.75, 3.05) is 17.3 Å². The van der Waals surface area contributed by atoms with Gasteiger partial charge in [-0.25, -0.2) is 15.0 Å². The predicted molar refractivity (Wildman–Crippen MR) is 98.8 cm³/mol. The smallest absolute Gasteiger partial charge is 0.207 e. The molecule has 2 heterocycles. The third-order valence-corrected chi connectivity index (χ3v) is 6.04. The first kappa shape index (κ1) is 16.6. The van der Waals surface area contributed by atoms with Gasteiger partial charge in [-0.1, -0.05) is 0 Å². The second-order valence-corrected chi connectivity index (χ2v) is 8.01. The van der Waals surface area contributed by atoms with Gasteiger partial charge in [0.15, 0.2) is 17.0 Å². The van der Waals surface area contributed by atoms with Crippen molar-refractivity contribution in [1.82, 2.24) is 19.5 Å². The highest BCUT2D eigenvalue weighted by atomic mass is 16.3. The molecule has 7 heteroatoms. The van der Waals surface area contributed by atoms with Crippen molar-refractivity contribution >= 4 is 22.9 Å². The Balaban J connectivity index is 1.70. The second-order valence-electron chi connectivity index (χ2n) is 8.01. The van der Waals surface area contributed by atoms with Crippen LogP contribution in [0.2, 0.25) is 0 Å². The average Bonchev–Trinajstić information content (AvgIpc) is 3.20. The van der Waals surface area contributed by atoms with Gasteiger partial charge in [-0.15, -0.1) is 0 Å². The monoisotopic (exact) mass is 344 g/mol. The van der Waals surface area contributed by atoms with E-state index < -0.39 is 0 Å². The third kappa shape index (κ3) is 2.65. The van der Waals surface area contributed by atoms with Crippen molar-refractivity contribution in [3.8, 4) is 0 Å². The van der Waals surface area contributed by atoms with Crippen molar-refractivity contribution < 1.29 is 5.11 Å². The lowest BCUT2D eigenvalue weighted by Gasteiger charge is -2.26. The highest BCUT2D eigenvalue weighted by Gasteiger charge is 2.45. The lowest BCUT2D eigenvalue weighted by Crippen LogP contribution is -2.31. The number of rotatable bonds is 4. The number of fused-ring (bicyclic) bond motifs is 3. The quantitative estimate of drug-likeness (QED) is 0.884. The molecule has 0 amide bonds. The summed E-state index contributed by atoms with van der Waals surface area (Å²) in [7, 11) is 4.06. The van der Waals surface area contributed by atoms with Crippen LogP contribution < -0.4 is 10.2 Å². The minimum atomic E-state index is -0.114. The molecule has 4 atom stereocenters. The number of aryl methyl sites for hydroxylation is 2. The second kappa shape index (κ2) is 5.83. The molecule has 2 aromatic heterocycles. The van der Waals surface area contributed by atoms with Crippen LogP contribution >= 0.6 is 0 Å². The van der Waals surface area contributed by atoms with Gasteiger partial charge in [-0.05, 0) is 51.9 Å². The Kier molecular flexibility index (Phi) is 3.86. The maximum absolute atomic E-state index is 10.00. The zero-order valence-electron chi connectivity index (χ0n) is 15.7. The molecule has 2 aromatic rings. The van der Waals surface area contributed by atoms with Crippen LogP contribution in [-0.4, -0.2) is 49.9 Å². The summed E-state index contributed by atoms with van der Waals surface area (Å²) < 4.78 is 2.04. The van der Waals surface area contributed by atoms with Crippen molar-refractivity contribution in [1.29, 1.82) is 0 Å². The number of imidazole rings is 1. The molecule has 4 unspecified atom stereocenters. The Labute approximate surface area is 148 Å². The van der Waals surface area contributed by atoms with Gasteiger partial charge < -0.3 is 15.3 Å². The van der Waals surface area contributed by atoms with Crippen LogP contribution in [0, 0.1) is 18.8 Å².